The first-order valence-corrected chi connectivity index (χ1v) is 6.65. The molecule has 1 aromatic heterocycles. The van der Waals surface area contributed by atoms with Crippen LogP contribution in [0.15, 0.2) is 24.5 Å². The lowest BCUT2D eigenvalue weighted by molar-refractivity contribution is 0.0315. The number of rotatable bonds is 8. The van der Waals surface area contributed by atoms with E-state index in [9.17, 15) is 5.11 Å². The number of pyridine rings is 1. The molecule has 0 saturated heterocycles. The van der Waals surface area contributed by atoms with Gasteiger partial charge in [0.2, 0.25) is 0 Å². The number of aliphatic hydroxyl groups excluding tert-OH is 1. The van der Waals surface area contributed by atoms with Crippen molar-refractivity contribution < 1.29 is 9.84 Å². The Balaban J connectivity index is 1.60. The molecule has 0 bridgehead atoms. The van der Waals surface area contributed by atoms with Crippen molar-refractivity contribution in [2.45, 2.75) is 31.9 Å². The van der Waals surface area contributed by atoms with Gasteiger partial charge in [0.1, 0.15) is 0 Å². The minimum absolute atomic E-state index is 0.191. The van der Waals surface area contributed by atoms with Crippen molar-refractivity contribution in [3.63, 3.8) is 0 Å². The molecule has 1 aliphatic carbocycles. The number of nitrogens with zero attached hydrogens (tertiary/aromatic N) is 1. The lowest BCUT2D eigenvalue weighted by Gasteiger charge is -2.17. The first kappa shape index (κ1) is 13.5. The van der Waals surface area contributed by atoms with Gasteiger partial charge in [0.25, 0.3) is 0 Å². The van der Waals surface area contributed by atoms with Crippen LogP contribution in [0, 0.1) is 5.92 Å². The molecule has 1 heterocycles. The van der Waals surface area contributed by atoms with Gasteiger partial charge >= 0.3 is 0 Å². The minimum atomic E-state index is -0.442. The van der Waals surface area contributed by atoms with Gasteiger partial charge in [0, 0.05) is 31.6 Å². The van der Waals surface area contributed by atoms with Crippen molar-refractivity contribution in [1.29, 1.82) is 0 Å². The quantitative estimate of drug-likeness (QED) is 0.734. The third-order valence-corrected chi connectivity index (χ3v) is 3.20. The predicted molar refractivity (Wildman–Crippen MR) is 70.2 cm³/mol. The molecule has 2 atom stereocenters. The fourth-order valence-corrected chi connectivity index (χ4v) is 1.78. The summed E-state index contributed by atoms with van der Waals surface area (Å²) in [6, 6.07) is 4.14. The molecular weight excluding hydrogens is 228 g/mol. The van der Waals surface area contributed by atoms with E-state index in [2.05, 4.69) is 17.2 Å². The zero-order chi connectivity index (χ0) is 12.8. The molecule has 2 rings (SSSR count). The molecule has 0 aromatic carbocycles. The van der Waals surface area contributed by atoms with Gasteiger partial charge in [-0.05, 0) is 37.3 Å². The SMILES string of the molecule is CC(NCC(O)COCC1CC1)c1cccnc1. The third-order valence-electron chi connectivity index (χ3n) is 3.20. The maximum absolute atomic E-state index is 9.78. The summed E-state index contributed by atoms with van der Waals surface area (Å²) in [6.07, 6.45) is 5.73. The monoisotopic (exact) mass is 250 g/mol. The molecule has 2 N–H and O–H groups in total. The highest BCUT2D eigenvalue weighted by atomic mass is 16.5. The molecule has 2 unspecified atom stereocenters. The summed E-state index contributed by atoms with van der Waals surface area (Å²) in [7, 11) is 0. The van der Waals surface area contributed by atoms with Crippen molar-refractivity contribution in [2.24, 2.45) is 5.92 Å². The van der Waals surface area contributed by atoms with Gasteiger partial charge in [-0.25, -0.2) is 0 Å². The number of nitrogens with one attached hydrogen (secondary N) is 1. The summed E-state index contributed by atoms with van der Waals surface area (Å²) >= 11 is 0. The largest absolute Gasteiger partial charge is 0.389 e. The van der Waals surface area contributed by atoms with Gasteiger partial charge in [-0.2, -0.15) is 0 Å². The van der Waals surface area contributed by atoms with Crippen LogP contribution in [0.25, 0.3) is 0 Å². The molecule has 18 heavy (non-hydrogen) atoms. The molecule has 4 heteroatoms. The second-order valence-corrected chi connectivity index (χ2v) is 5.05. The van der Waals surface area contributed by atoms with Crippen LogP contribution in [0.3, 0.4) is 0 Å². The molecule has 1 aliphatic rings. The van der Waals surface area contributed by atoms with Crippen molar-refractivity contribution in [1.82, 2.24) is 10.3 Å². The standard InChI is InChI=1S/C14H22N2O2/c1-11(13-3-2-6-15-7-13)16-8-14(17)10-18-9-12-4-5-12/h2-3,6-7,11-12,14,16-17H,4-5,8-10H2,1H3. The molecule has 1 saturated carbocycles. The summed E-state index contributed by atoms with van der Waals surface area (Å²) in [5.41, 5.74) is 1.13. The first-order chi connectivity index (χ1) is 8.75. The highest BCUT2D eigenvalue weighted by Crippen LogP contribution is 2.28. The second-order valence-electron chi connectivity index (χ2n) is 5.05. The van der Waals surface area contributed by atoms with Gasteiger partial charge in [-0.15, -0.1) is 0 Å². The Bertz CT molecular complexity index is 341. The van der Waals surface area contributed by atoms with Crippen molar-refractivity contribution in [3.8, 4) is 0 Å². The Morgan fingerprint density at radius 1 is 1.56 bits per heavy atom. The molecule has 0 radical (unpaired) electrons. The van der Waals surface area contributed by atoms with E-state index in [0.29, 0.717) is 13.2 Å². The zero-order valence-electron chi connectivity index (χ0n) is 10.9. The Morgan fingerprint density at radius 3 is 3.06 bits per heavy atom. The lowest BCUT2D eigenvalue weighted by Crippen LogP contribution is -2.32. The highest BCUT2D eigenvalue weighted by Gasteiger charge is 2.21. The van der Waals surface area contributed by atoms with E-state index in [-0.39, 0.29) is 6.04 Å². The zero-order valence-corrected chi connectivity index (χ0v) is 10.9. The number of aliphatic hydroxyl groups is 1. The van der Waals surface area contributed by atoms with E-state index < -0.39 is 6.10 Å². The fourth-order valence-electron chi connectivity index (χ4n) is 1.78. The number of aromatic nitrogens is 1. The number of hydrogen-bond donors (Lipinski definition) is 2. The Morgan fingerprint density at radius 2 is 2.39 bits per heavy atom. The van der Waals surface area contributed by atoms with Crippen LogP contribution in [0.5, 0.6) is 0 Å². The highest BCUT2D eigenvalue weighted by molar-refractivity contribution is 5.12. The summed E-state index contributed by atoms with van der Waals surface area (Å²) < 4.78 is 5.46. The van der Waals surface area contributed by atoms with Gasteiger partial charge in [-0.1, -0.05) is 6.07 Å². The van der Waals surface area contributed by atoms with Crippen LogP contribution in [-0.4, -0.2) is 36.0 Å². The van der Waals surface area contributed by atoms with Crippen molar-refractivity contribution in [3.05, 3.63) is 30.1 Å². The normalized spacial score (nSPS) is 18.6. The molecule has 0 amide bonds. The maximum atomic E-state index is 9.78. The smallest absolute Gasteiger partial charge is 0.0897 e. The van der Waals surface area contributed by atoms with Crippen LogP contribution in [0.1, 0.15) is 31.4 Å². The average molecular weight is 250 g/mol. The van der Waals surface area contributed by atoms with Crippen LogP contribution < -0.4 is 5.32 Å². The van der Waals surface area contributed by atoms with Crippen molar-refractivity contribution >= 4 is 0 Å². The summed E-state index contributed by atoms with van der Waals surface area (Å²) in [5.74, 6) is 0.750. The molecule has 1 fully saturated rings. The number of ether oxygens (including phenoxy) is 1. The molecule has 0 spiro atoms. The molecule has 0 aliphatic heterocycles. The van der Waals surface area contributed by atoms with E-state index in [1.807, 2.05) is 18.3 Å². The van der Waals surface area contributed by atoms with Gasteiger partial charge in [0.15, 0.2) is 0 Å². The third kappa shape index (κ3) is 4.72. The topological polar surface area (TPSA) is 54.4 Å². The van der Waals surface area contributed by atoms with Crippen molar-refractivity contribution in [2.75, 3.05) is 19.8 Å². The van der Waals surface area contributed by atoms with Gasteiger partial charge in [0.05, 0.1) is 12.7 Å². The molecular formula is C14H22N2O2. The van der Waals surface area contributed by atoms with E-state index in [1.165, 1.54) is 12.8 Å². The molecule has 100 valence electrons. The Kier molecular flexibility index (Phi) is 5.11. The fraction of sp³-hybridized carbons (Fsp3) is 0.643. The van der Waals surface area contributed by atoms with E-state index in [0.717, 1.165) is 18.1 Å². The maximum Gasteiger partial charge on any atom is 0.0897 e. The minimum Gasteiger partial charge on any atom is -0.389 e. The number of hydrogen-bond acceptors (Lipinski definition) is 4. The van der Waals surface area contributed by atoms with E-state index >= 15 is 0 Å². The summed E-state index contributed by atoms with van der Waals surface area (Å²) in [4.78, 5) is 4.08. The Labute approximate surface area is 108 Å². The average Bonchev–Trinajstić information content (AvgIpc) is 3.21. The van der Waals surface area contributed by atoms with Crippen LogP contribution in [0.4, 0.5) is 0 Å². The summed E-state index contributed by atoms with van der Waals surface area (Å²) in [6.45, 7) is 3.83. The molecule has 4 nitrogen and oxygen atoms in total. The van der Waals surface area contributed by atoms with Crippen LogP contribution in [-0.2, 0) is 4.74 Å². The van der Waals surface area contributed by atoms with Crippen LogP contribution >= 0.6 is 0 Å². The van der Waals surface area contributed by atoms with Gasteiger partial charge < -0.3 is 15.2 Å². The predicted octanol–water partition coefficient (Wildman–Crippen LogP) is 1.52. The summed E-state index contributed by atoms with van der Waals surface area (Å²) in [5, 5.41) is 13.1. The van der Waals surface area contributed by atoms with Crippen LogP contribution in [0.2, 0.25) is 0 Å². The Hall–Kier alpha value is -0.970. The second kappa shape index (κ2) is 6.83. The molecule has 1 aromatic rings. The lowest BCUT2D eigenvalue weighted by atomic mass is 10.1. The van der Waals surface area contributed by atoms with E-state index in [1.54, 1.807) is 6.20 Å². The first-order valence-electron chi connectivity index (χ1n) is 6.65. The van der Waals surface area contributed by atoms with E-state index in [4.69, 9.17) is 4.74 Å². The van der Waals surface area contributed by atoms with Gasteiger partial charge in [-0.3, -0.25) is 4.98 Å².